The van der Waals surface area contributed by atoms with Crippen molar-refractivity contribution in [3.8, 4) is 0 Å². The molecule has 0 bridgehead atoms. The molecule has 0 radical (unpaired) electrons. The molecule has 2 N–H and O–H groups in total. The maximum atomic E-state index is 11.3. The van der Waals surface area contributed by atoms with Gasteiger partial charge in [0.25, 0.3) is 0 Å². The summed E-state index contributed by atoms with van der Waals surface area (Å²) >= 11 is 0. The maximum Gasteiger partial charge on any atom is 0.231 e. The van der Waals surface area contributed by atoms with Gasteiger partial charge in [-0.2, -0.15) is 0 Å². The van der Waals surface area contributed by atoms with Gasteiger partial charge in [0.1, 0.15) is 6.33 Å². The molecule has 0 amide bonds. The van der Waals surface area contributed by atoms with Gasteiger partial charge in [0, 0.05) is 24.7 Å². The summed E-state index contributed by atoms with van der Waals surface area (Å²) < 4.78 is 1.56. The van der Waals surface area contributed by atoms with Crippen molar-refractivity contribution in [1.29, 1.82) is 0 Å². The summed E-state index contributed by atoms with van der Waals surface area (Å²) in [7, 11) is 0. The number of aromatic nitrogens is 2. The molecule has 0 fully saturated rings. The molecule has 0 aromatic carbocycles. The van der Waals surface area contributed by atoms with E-state index in [0.29, 0.717) is 19.4 Å². The fraction of sp³-hybridized carbons (Fsp3) is 0.500. The van der Waals surface area contributed by atoms with Gasteiger partial charge in [0.15, 0.2) is 0 Å². The molecule has 66 valence electrons. The lowest BCUT2D eigenvalue weighted by atomic mass is 10.3. The second kappa shape index (κ2) is 4.01. The van der Waals surface area contributed by atoms with Crippen molar-refractivity contribution in [2.75, 3.05) is 6.54 Å². The largest absolute Gasteiger partial charge is 0.330 e. The molecule has 1 rings (SSSR count). The van der Waals surface area contributed by atoms with Crippen LogP contribution < -0.4 is 5.73 Å². The first-order chi connectivity index (χ1) is 5.79. The average molecular weight is 167 g/mol. The van der Waals surface area contributed by atoms with Crippen molar-refractivity contribution in [2.45, 2.75) is 19.8 Å². The van der Waals surface area contributed by atoms with E-state index in [2.05, 4.69) is 4.98 Å². The van der Waals surface area contributed by atoms with E-state index >= 15 is 0 Å². The molecule has 0 saturated carbocycles. The minimum absolute atomic E-state index is 0.0657. The number of hydrogen-bond acceptors (Lipinski definition) is 3. The summed E-state index contributed by atoms with van der Waals surface area (Å²) in [5.74, 6) is 0.0657. The summed E-state index contributed by atoms with van der Waals surface area (Å²) in [6.07, 6.45) is 4.41. The predicted octanol–water partition coefficient (Wildman–Crippen LogP) is 0.435. The highest BCUT2D eigenvalue weighted by Crippen LogP contribution is 2.00. The van der Waals surface area contributed by atoms with Crippen molar-refractivity contribution in [3.05, 3.63) is 18.2 Å². The monoisotopic (exact) mass is 167 g/mol. The quantitative estimate of drug-likeness (QED) is 0.710. The van der Waals surface area contributed by atoms with E-state index in [9.17, 15) is 4.79 Å². The van der Waals surface area contributed by atoms with Gasteiger partial charge < -0.3 is 5.73 Å². The van der Waals surface area contributed by atoms with E-state index in [1.807, 2.05) is 6.92 Å². The van der Waals surface area contributed by atoms with E-state index < -0.39 is 0 Å². The molecule has 12 heavy (non-hydrogen) atoms. The molecule has 0 spiro atoms. The summed E-state index contributed by atoms with van der Waals surface area (Å²) in [5, 5.41) is 0. The lowest BCUT2D eigenvalue weighted by Gasteiger charge is -2.02. The first-order valence-corrected chi connectivity index (χ1v) is 4.04. The normalized spacial score (nSPS) is 10.2. The molecular formula is C8H13N3O. The molecule has 1 aromatic rings. The first kappa shape index (κ1) is 8.93. The van der Waals surface area contributed by atoms with Gasteiger partial charge in [-0.25, -0.2) is 4.98 Å². The van der Waals surface area contributed by atoms with Crippen LogP contribution in [0, 0.1) is 0 Å². The van der Waals surface area contributed by atoms with Crippen molar-refractivity contribution >= 4 is 5.91 Å². The summed E-state index contributed by atoms with van der Waals surface area (Å²) in [4.78, 5) is 15.1. The molecule has 0 aliphatic rings. The van der Waals surface area contributed by atoms with E-state index in [4.69, 9.17) is 5.73 Å². The Morgan fingerprint density at radius 3 is 3.08 bits per heavy atom. The Balaban J connectivity index is 2.83. The molecule has 0 aliphatic heterocycles. The molecule has 4 nitrogen and oxygen atoms in total. The van der Waals surface area contributed by atoms with Gasteiger partial charge in [-0.3, -0.25) is 9.36 Å². The van der Waals surface area contributed by atoms with Gasteiger partial charge in [-0.15, -0.1) is 0 Å². The van der Waals surface area contributed by atoms with Crippen LogP contribution in [0.2, 0.25) is 0 Å². The molecule has 0 saturated heterocycles. The van der Waals surface area contributed by atoms with E-state index in [1.165, 1.54) is 6.33 Å². The molecule has 0 atom stereocenters. The number of nitrogens with two attached hydrogens (primary N) is 1. The number of imidazole rings is 1. The molecule has 4 heteroatoms. The van der Waals surface area contributed by atoms with Crippen LogP contribution in [0.4, 0.5) is 0 Å². The summed E-state index contributed by atoms with van der Waals surface area (Å²) in [5.41, 5.74) is 6.27. The Kier molecular flexibility index (Phi) is 2.99. The maximum absolute atomic E-state index is 11.3. The van der Waals surface area contributed by atoms with E-state index in [-0.39, 0.29) is 5.91 Å². The highest BCUT2D eigenvalue weighted by Gasteiger charge is 2.06. The third-order valence-corrected chi connectivity index (χ3v) is 1.69. The average Bonchev–Trinajstić information content (AvgIpc) is 2.52. The van der Waals surface area contributed by atoms with Crippen molar-refractivity contribution in [1.82, 2.24) is 9.55 Å². The minimum Gasteiger partial charge on any atom is -0.330 e. The lowest BCUT2D eigenvalue weighted by molar-refractivity contribution is 0.0905. The van der Waals surface area contributed by atoms with Gasteiger partial charge >= 0.3 is 0 Å². The Hall–Kier alpha value is -1.16. The van der Waals surface area contributed by atoms with Crippen LogP contribution in [0.1, 0.15) is 23.8 Å². The second-order valence-corrected chi connectivity index (χ2v) is 2.54. The van der Waals surface area contributed by atoms with Gasteiger partial charge in [0.2, 0.25) is 5.91 Å². The number of carbonyl (C=O) groups is 1. The fourth-order valence-corrected chi connectivity index (χ4v) is 1.05. The lowest BCUT2D eigenvalue weighted by Crippen LogP contribution is -2.14. The van der Waals surface area contributed by atoms with Gasteiger partial charge in [-0.1, -0.05) is 6.92 Å². The first-order valence-electron chi connectivity index (χ1n) is 4.04. The van der Waals surface area contributed by atoms with Crippen LogP contribution in [0.25, 0.3) is 0 Å². The topological polar surface area (TPSA) is 60.9 Å². The third kappa shape index (κ3) is 1.71. The molecular weight excluding hydrogens is 154 g/mol. The standard InChI is InChI=1S/C8H13N3O/c1-2-8(12)11-6-10-5-7(11)3-4-9/h5-6H,2-4,9H2,1H3. The minimum atomic E-state index is 0.0657. The van der Waals surface area contributed by atoms with Crippen molar-refractivity contribution in [3.63, 3.8) is 0 Å². The van der Waals surface area contributed by atoms with Crippen molar-refractivity contribution in [2.24, 2.45) is 5.73 Å². The van der Waals surface area contributed by atoms with Crippen molar-refractivity contribution < 1.29 is 4.79 Å². The van der Waals surface area contributed by atoms with Gasteiger partial charge in [0.05, 0.1) is 0 Å². The van der Waals surface area contributed by atoms with E-state index in [0.717, 1.165) is 5.69 Å². The third-order valence-electron chi connectivity index (χ3n) is 1.69. The Morgan fingerprint density at radius 2 is 2.50 bits per heavy atom. The fourth-order valence-electron chi connectivity index (χ4n) is 1.05. The zero-order valence-electron chi connectivity index (χ0n) is 7.16. The summed E-state index contributed by atoms with van der Waals surface area (Å²) in [6, 6.07) is 0. The van der Waals surface area contributed by atoms with Crippen LogP contribution >= 0.6 is 0 Å². The number of carbonyl (C=O) groups excluding carboxylic acids is 1. The van der Waals surface area contributed by atoms with Crippen LogP contribution in [-0.2, 0) is 6.42 Å². The molecule has 0 unspecified atom stereocenters. The Labute approximate surface area is 71.4 Å². The predicted molar refractivity (Wildman–Crippen MR) is 45.9 cm³/mol. The van der Waals surface area contributed by atoms with E-state index in [1.54, 1.807) is 10.8 Å². The number of hydrogen-bond donors (Lipinski definition) is 1. The zero-order chi connectivity index (χ0) is 8.97. The highest BCUT2D eigenvalue weighted by atomic mass is 16.2. The summed E-state index contributed by atoms with van der Waals surface area (Å²) in [6.45, 7) is 2.37. The SMILES string of the molecule is CCC(=O)n1cncc1CCN. The molecule has 1 aromatic heterocycles. The number of rotatable bonds is 3. The Bertz CT molecular complexity index is 267. The molecule has 0 aliphatic carbocycles. The second-order valence-electron chi connectivity index (χ2n) is 2.54. The van der Waals surface area contributed by atoms with Crippen LogP contribution in [0.5, 0.6) is 0 Å². The number of nitrogens with zero attached hydrogens (tertiary/aromatic N) is 2. The highest BCUT2D eigenvalue weighted by molar-refractivity contribution is 5.79. The molecule has 1 heterocycles. The zero-order valence-corrected chi connectivity index (χ0v) is 7.16. The van der Waals surface area contributed by atoms with Gasteiger partial charge in [-0.05, 0) is 6.54 Å². The van der Waals surface area contributed by atoms with Crippen LogP contribution in [0.3, 0.4) is 0 Å². The Morgan fingerprint density at radius 1 is 1.75 bits per heavy atom. The van der Waals surface area contributed by atoms with Crippen LogP contribution in [0.15, 0.2) is 12.5 Å². The smallest absolute Gasteiger partial charge is 0.231 e. The van der Waals surface area contributed by atoms with Crippen LogP contribution in [-0.4, -0.2) is 22.0 Å².